The molecule has 0 aromatic heterocycles. The Balaban J connectivity index is 1.37. The smallest absolute Gasteiger partial charge is 0.263 e. The van der Waals surface area contributed by atoms with Crippen LogP contribution in [0.5, 0.6) is 17.2 Å². The number of benzene rings is 2. The van der Waals surface area contributed by atoms with Crippen LogP contribution in [0.15, 0.2) is 48.5 Å². The summed E-state index contributed by atoms with van der Waals surface area (Å²) in [6.45, 7) is 0.893. The molecule has 0 unspecified atom stereocenters. The Hall–Kier alpha value is -2.69. The molecule has 2 atom stereocenters. The molecule has 24 heavy (non-hydrogen) atoms. The zero-order chi connectivity index (χ0) is 16.5. The highest BCUT2D eigenvalue weighted by Crippen LogP contribution is 2.31. The predicted molar refractivity (Wildman–Crippen MR) is 88.6 cm³/mol. The number of nitrogens with zero attached hydrogens (tertiary/aromatic N) is 1. The summed E-state index contributed by atoms with van der Waals surface area (Å²) >= 11 is 0. The van der Waals surface area contributed by atoms with Crippen LogP contribution in [0.2, 0.25) is 0 Å². The molecule has 2 aliphatic rings. The Labute approximate surface area is 140 Å². The highest BCUT2D eigenvalue weighted by atomic mass is 16.6. The monoisotopic (exact) mass is 325 g/mol. The largest absolute Gasteiger partial charge is 0.486 e. The minimum absolute atomic E-state index is 0.0336. The lowest BCUT2D eigenvalue weighted by Crippen LogP contribution is -2.46. The van der Waals surface area contributed by atoms with Gasteiger partial charge in [0, 0.05) is 13.5 Å². The Bertz CT molecular complexity index is 736. The number of hydrogen-bond acceptors (Lipinski definition) is 4. The zero-order valence-electron chi connectivity index (χ0n) is 13.5. The lowest BCUT2D eigenvalue weighted by Gasteiger charge is -2.30. The van der Waals surface area contributed by atoms with Crippen LogP contribution in [0.25, 0.3) is 0 Å². The average Bonchev–Trinajstić information content (AvgIpc) is 3.05. The molecule has 4 rings (SSSR count). The van der Waals surface area contributed by atoms with Gasteiger partial charge in [-0.05, 0) is 23.8 Å². The summed E-state index contributed by atoms with van der Waals surface area (Å²) in [5.41, 5.74) is 1.08. The average molecular weight is 325 g/mol. The quantitative estimate of drug-likeness (QED) is 0.869. The van der Waals surface area contributed by atoms with Gasteiger partial charge in [-0.25, -0.2) is 0 Å². The van der Waals surface area contributed by atoms with Crippen molar-refractivity contribution in [3.8, 4) is 17.2 Å². The normalized spacial score (nSPS) is 20.9. The molecular formula is C19H19NO4. The SMILES string of the molecule is CN(C[C@@H]1COc2ccccc2O1)C(=O)[C@H]1Cc2ccccc2O1. The van der Waals surface area contributed by atoms with Gasteiger partial charge in [-0.3, -0.25) is 4.79 Å². The number of rotatable bonds is 3. The number of carbonyl (C=O) groups is 1. The van der Waals surface area contributed by atoms with E-state index in [0.29, 0.717) is 19.6 Å². The minimum Gasteiger partial charge on any atom is -0.486 e. The Morgan fingerprint density at radius 1 is 1.04 bits per heavy atom. The summed E-state index contributed by atoms with van der Waals surface area (Å²) < 4.78 is 17.4. The van der Waals surface area contributed by atoms with Crippen molar-refractivity contribution in [2.75, 3.05) is 20.2 Å². The molecule has 0 aliphatic carbocycles. The lowest BCUT2D eigenvalue weighted by molar-refractivity contribution is -0.138. The summed E-state index contributed by atoms with van der Waals surface area (Å²) in [5.74, 6) is 2.24. The highest BCUT2D eigenvalue weighted by Gasteiger charge is 2.32. The first-order valence-corrected chi connectivity index (χ1v) is 8.09. The first-order chi connectivity index (χ1) is 11.7. The molecule has 2 heterocycles. The van der Waals surface area contributed by atoms with E-state index in [4.69, 9.17) is 14.2 Å². The van der Waals surface area contributed by atoms with E-state index in [1.165, 1.54) is 0 Å². The molecular weight excluding hydrogens is 306 g/mol. The van der Waals surface area contributed by atoms with E-state index in [9.17, 15) is 4.79 Å². The maximum Gasteiger partial charge on any atom is 0.263 e. The van der Waals surface area contributed by atoms with Gasteiger partial charge in [-0.2, -0.15) is 0 Å². The molecule has 0 spiro atoms. The second-order valence-electron chi connectivity index (χ2n) is 6.13. The first kappa shape index (κ1) is 14.9. The Morgan fingerprint density at radius 2 is 1.75 bits per heavy atom. The number of para-hydroxylation sites is 3. The third-order valence-electron chi connectivity index (χ3n) is 4.34. The molecule has 2 aromatic rings. The van der Waals surface area contributed by atoms with E-state index in [-0.39, 0.29) is 12.0 Å². The number of amides is 1. The van der Waals surface area contributed by atoms with E-state index in [0.717, 1.165) is 22.8 Å². The Kier molecular flexibility index (Phi) is 3.76. The van der Waals surface area contributed by atoms with Crippen molar-refractivity contribution >= 4 is 5.91 Å². The molecule has 5 heteroatoms. The van der Waals surface area contributed by atoms with Gasteiger partial charge >= 0.3 is 0 Å². The lowest BCUT2D eigenvalue weighted by atomic mass is 10.1. The summed E-state index contributed by atoms with van der Waals surface area (Å²) in [6, 6.07) is 15.3. The van der Waals surface area contributed by atoms with E-state index in [2.05, 4.69) is 0 Å². The van der Waals surface area contributed by atoms with Crippen molar-refractivity contribution in [2.24, 2.45) is 0 Å². The zero-order valence-corrected chi connectivity index (χ0v) is 13.5. The van der Waals surface area contributed by atoms with Gasteiger partial charge in [0.25, 0.3) is 5.91 Å². The molecule has 0 radical (unpaired) electrons. The van der Waals surface area contributed by atoms with Crippen LogP contribution < -0.4 is 14.2 Å². The van der Waals surface area contributed by atoms with Gasteiger partial charge in [-0.15, -0.1) is 0 Å². The topological polar surface area (TPSA) is 48.0 Å². The van der Waals surface area contributed by atoms with Crippen LogP contribution in [0, 0.1) is 0 Å². The molecule has 0 fully saturated rings. The van der Waals surface area contributed by atoms with Crippen molar-refractivity contribution in [1.82, 2.24) is 4.90 Å². The molecule has 0 N–H and O–H groups in total. The maximum absolute atomic E-state index is 12.6. The number of fused-ring (bicyclic) bond motifs is 2. The van der Waals surface area contributed by atoms with Crippen LogP contribution in [0.1, 0.15) is 5.56 Å². The van der Waals surface area contributed by atoms with E-state index in [1.807, 2.05) is 48.5 Å². The van der Waals surface area contributed by atoms with E-state index < -0.39 is 6.10 Å². The molecule has 0 saturated carbocycles. The molecule has 0 saturated heterocycles. The van der Waals surface area contributed by atoms with Gasteiger partial charge < -0.3 is 19.1 Å². The molecule has 2 aliphatic heterocycles. The van der Waals surface area contributed by atoms with Crippen LogP contribution in [-0.4, -0.2) is 43.2 Å². The van der Waals surface area contributed by atoms with E-state index >= 15 is 0 Å². The van der Waals surface area contributed by atoms with Crippen molar-refractivity contribution in [1.29, 1.82) is 0 Å². The van der Waals surface area contributed by atoms with E-state index in [1.54, 1.807) is 11.9 Å². The van der Waals surface area contributed by atoms with Crippen molar-refractivity contribution < 1.29 is 19.0 Å². The fraction of sp³-hybridized carbons (Fsp3) is 0.316. The summed E-state index contributed by atoms with van der Waals surface area (Å²) in [5, 5.41) is 0. The van der Waals surface area contributed by atoms with Gasteiger partial charge in [0.05, 0.1) is 6.54 Å². The molecule has 2 aromatic carbocycles. The van der Waals surface area contributed by atoms with Crippen molar-refractivity contribution in [3.05, 3.63) is 54.1 Å². The van der Waals surface area contributed by atoms with Gasteiger partial charge in [0.15, 0.2) is 23.7 Å². The predicted octanol–water partition coefficient (Wildman–Crippen LogP) is 2.29. The molecule has 5 nitrogen and oxygen atoms in total. The third kappa shape index (κ3) is 2.77. The van der Waals surface area contributed by atoms with Gasteiger partial charge in [0.2, 0.25) is 0 Å². The number of likely N-dealkylation sites (N-methyl/N-ethyl adjacent to an activating group) is 1. The highest BCUT2D eigenvalue weighted by molar-refractivity contribution is 5.82. The fourth-order valence-electron chi connectivity index (χ4n) is 3.11. The number of ether oxygens (including phenoxy) is 3. The summed E-state index contributed by atoms with van der Waals surface area (Å²) in [7, 11) is 1.78. The standard InChI is InChI=1S/C19H19NO4/c1-20(11-14-12-22-16-8-4-5-9-17(16)23-14)19(21)18-10-13-6-2-3-7-15(13)24-18/h2-9,14,18H,10-12H2,1H3/t14-,18-/m1/s1. The van der Waals surface area contributed by atoms with Crippen LogP contribution in [0.4, 0.5) is 0 Å². The number of hydrogen-bond donors (Lipinski definition) is 0. The van der Waals surface area contributed by atoms with Crippen LogP contribution in [0.3, 0.4) is 0 Å². The molecule has 0 bridgehead atoms. The second-order valence-corrected chi connectivity index (χ2v) is 6.13. The maximum atomic E-state index is 12.6. The third-order valence-corrected chi connectivity index (χ3v) is 4.34. The summed E-state index contributed by atoms with van der Waals surface area (Å²) in [6.07, 6.45) is -0.0219. The molecule has 124 valence electrons. The van der Waals surface area contributed by atoms with Crippen LogP contribution >= 0.6 is 0 Å². The summed E-state index contributed by atoms with van der Waals surface area (Å²) in [4.78, 5) is 14.3. The number of carbonyl (C=O) groups excluding carboxylic acids is 1. The fourth-order valence-corrected chi connectivity index (χ4v) is 3.11. The van der Waals surface area contributed by atoms with Crippen molar-refractivity contribution in [2.45, 2.75) is 18.6 Å². The van der Waals surface area contributed by atoms with Crippen molar-refractivity contribution in [3.63, 3.8) is 0 Å². The van der Waals surface area contributed by atoms with Crippen LogP contribution in [-0.2, 0) is 11.2 Å². The molecule has 1 amide bonds. The Morgan fingerprint density at radius 3 is 2.54 bits per heavy atom. The second kappa shape index (κ2) is 6.07. The van der Waals surface area contributed by atoms with Gasteiger partial charge in [0.1, 0.15) is 12.4 Å². The van der Waals surface area contributed by atoms with Gasteiger partial charge in [-0.1, -0.05) is 30.3 Å². The minimum atomic E-state index is -0.454. The first-order valence-electron chi connectivity index (χ1n) is 8.09.